The zero-order chi connectivity index (χ0) is 21.3. The smallest absolute Gasteiger partial charge is 0.300 e. The number of aliphatic hydroxyl groups excluding tert-OH is 1. The highest BCUT2D eigenvalue weighted by molar-refractivity contribution is 6.51. The van der Waals surface area contributed by atoms with Crippen molar-refractivity contribution in [3.63, 3.8) is 0 Å². The lowest BCUT2D eigenvalue weighted by atomic mass is 9.92. The highest BCUT2D eigenvalue weighted by Crippen LogP contribution is 2.43. The summed E-state index contributed by atoms with van der Waals surface area (Å²) in [5, 5.41) is 11.1. The van der Waals surface area contributed by atoms with Gasteiger partial charge in [0, 0.05) is 17.3 Å². The van der Waals surface area contributed by atoms with E-state index in [1.807, 2.05) is 37.3 Å². The molecule has 1 fully saturated rings. The van der Waals surface area contributed by atoms with Gasteiger partial charge in [0.25, 0.3) is 11.7 Å². The quantitative estimate of drug-likeness (QED) is 0.395. The highest BCUT2D eigenvalue weighted by Gasteiger charge is 2.47. The van der Waals surface area contributed by atoms with Crippen LogP contribution in [0.1, 0.15) is 22.7 Å². The third kappa shape index (κ3) is 3.24. The van der Waals surface area contributed by atoms with E-state index in [-0.39, 0.29) is 11.3 Å². The van der Waals surface area contributed by atoms with E-state index in [0.29, 0.717) is 17.0 Å². The van der Waals surface area contributed by atoms with E-state index >= 15 is 0 Å². The molecule has 4 rings (SSSR count). The normalized spacial score (nSPS) is 17.9. The fraction of sp³-hybridized carbons (Fsp3) is 0.120. The second-order valence-corrected chi connectivity index (χ2v) is 7.09. The van der Waals surface area contributed by atoms with Crippen LogP contribution >= 0.6 is 0 Å². The predicted octanol–water partition coefficient (Wildman–Crippen LogP) is 4.63. The van der Waals surface area contributed by atoms with Crippen molar-refractivity contribution in [3.05, 3.63) is 101 Å². The van der Waals surface area contributed by atoms with Gasteiger partial charge in [0.05, 0.1) is 18.7 Å². The molecule has 0 aromatic heterocycles. The Bertz CT molecular complexity index is 1150. The second-order valence-electron chi connectivity index (χ2n) is 7.09. The lowest BCUT2D eigenvalue weighted by Gasteiger charge is -2.27. The van der Waals surface area contributed by atoms with Crippen LogP contribution in [0.4, 0.5) is 5.69 Å². The molecule has 0 spiro atoms. The van der Waals surface area contributed by atoms with Crippen LogP contribution in [0.2, 0.25) is 0 Å². The van der Waals surface area contributed by atoms with E-state index in [4.69, 9.17) is 4.74 Å². The Morgan fingerprint density at radius 3 is 2.33 bits per heavy atom. The molecule has 1 atom stereocenters. The number of ether oxygens (including phenoxy) is 1. The molecular formula is C25H21NO4. The molecule has 1 N–H and O–H groups in total. The number of hydrogen-bond acceptors (Lipinski definition) is 4. The van der Waals surface area contributed by atoms with E-state index in [1.165, 1.54) is 4.90 Å². The topological polar surface area (TPSA) is 66.8 Å². The number of methoxy groups -OCH3 is 1. The zero-order valence-electron chi connectivity index (χ0n) is 16.7. The first-order chi connectivity index (χ1) is 14.5. The lowest BCUT2D eigenvalue weighted by molar-refractivity contribution is -0.132. The maximum atomic E-state index is 13.1. The SMILES string of the molecule is COc1cccc(N2C(=O)C(=O)/C(=C(/O)c3ccccc3)C2c2ccccc2C)c1. The number of ketones is 1. The van der Waals surface area contributed by atoms with E-state index in [9.17, 15) is 14.7 Å². The largest absolute Gasteiger partial charge is 0.507 e. The van der Waals surface area contributed by atoms with Gasteiger partial charge in [-0.15, -0.1) is 0 Å². The van der Waals surface area contributed by atoms with Gasteiger partial charge >= 0.3 is 0 Å². The first-order valence-corrected chi connectivity index (χ1v) is 9.59. The van der Waals surface area contributed by atoms with Crippen molar-refractivity contribution < 1.29 is 19.4 Å². The number of aliphatic hydroxyl groups is 1. The molecule has 150 valence electrons. The summed E-state index contributed by atoms with van der Waals surface area (Å²) in [7, 11) is 1.54. The molecule has 5 nitrogen and oxygen atoms in total. The molecule has 0 saturated carbocycles. The number of anilines is 1. The monoisotopic (exact) mass is 399 g/mol. The van der Waals surface area contributed by atoms with Gasteiger partial charge in [-0.1, -0.05) is 60.7 Å². The van der Waals surface area contributed by atoms with Crippen LogP contribution in [-0.2, 0) is 9.59 Å². The summed E-state index contributed by atoms with van der Waals surface area (Å²) in [6, 6.07) is 22.6. The average Bonchev–Trinajstić information content (AvgIpc) is 3.04. The fourth-order valence-corrected chi connectivity index (χ4v) is 3.80. The van der Waals surface area contributed by atoms with E-state index in [0.717, 1.165) is 11.1 Å². The molecule has 30 heavy (non-hydrogen) atoms. The molecule has 5 heteroatoms. The Hall–Kier alpha value is -3.86. The summed E-state index contributed by atoms with van der Waals surface area (Å²) < 4.78 is 5.30. The van der Waals surface area contributed by atoms with Gasteiger partial charge in [-0.05, 0) is 30.2 Å². The summed E-state index contributed by atoms with van der Waals surface area (Å²) in [5.74, 6) is -1.02. The van der Waals surface area contributed by atoms with Crippen LogP contribution in [0.3, 0.4) is 0 Å². The summed E-state index contributed by atoms with van der Waals surface area (Å²) in [6.07, 6.45) is 0. The minimum absolute atomic E-state index is 0.0725. The maximum absolute atomic E-state index is 13.1. The van der Waals surface area contributed by atoms with Crippen LogP contribution in [0.15, 0.2) is 84.4 Å². The third-order valence-electron chi connectivity index (χ3n) is 5.31. The minimum Gasteiger partial charge on any atom is -0.507 e. The van der Waals surface area contributed by atoms with Crippen molar-refractivity contribution >= 4 is 23.1 Å². The average molecular weight is 399 g/mol. The first-order valence-electron chi connectivity index (χ1n) is 9.59. The maximum Gasteiger partial charge on any atom is 0.300 e. The number of rotatable bonds is 4. The van der Waals surface area contributed by atoms with Crippen molar-refractivity contribution in [2.24, 2.45) is 0 Å². The van der Waals surface area contributed by atoms with Gasteiger partial charge in [0.1, 0.15) is 11.5 Å². The van der Waals surface area contributed by atoms with Crippen molar-refractivity contribution in [2.45, 2.75) is 13.0 Å². The van der Waals surface area contributed by atoms with Crippen molar-refractivity contribution in [1.82, 2.24) is 0 Å². The van der Waals surface area contributed by atoms with E-state index < -0.39 is 17.7 Å². The van der Waals surface area contributed by atoms with Crippen molar-refractivity contribution in [1.29, 1.82) is 0 Å². The zero-order valence-corrected chi connectivity index (χ0v) is 16.7. The van der Waals surface area contributed by atoms with Crippen LogP contribution in [0.25, 0.3) is 5.76 Å². The molecule has 1 aliphatic heterocycles. The predicted molar refractivity (Wildman–Crippen MR) is 115 cm³/mol. The summed E-state index contributed by atoms with van der Waals surface area (Å²) >= 11 is 0. The molecule has 1 amide bonds. The molecule has 1 heterocycles. The van der Waals surface area contributed by atoms with Crippen LogP contribution < -0.4 is 9.64 Å². The van der Waals surface area contributed by atoms with Crippen LogP contribution in [0.5, 0.6) is 5.75 Å². The Morgan fingerprint density at radius 2 is 1.63 bits per heavy atom. The molecule has 1 unspecified atom stereocenters. The molecule has 3 aromatic carbocycles. The molecule has 0 aliphatic carbocycles. The van der Waals surface area contributed by atoms with E-state index in [2.05, 4.69) is 0 Å². The highest BCUT2D eigenvalue weighted by atomic mass is 16.5. The minimum atomic E-state index is -0.751. The molecule has 0 bridgehead atoms. The van der Waals surface area contributed by atoms with E-state index in [1.54, 1.807) is 55.6 Å². The molecular weight excluding hydrogens is 378 g/mol. The molecule has 3 aromatic rings. The summed E-state index contributed by atoms with van der Waals surface area (Å²) in [6.45, 7) is 1.92. The number of hydrogen-bond donors (Lipinski definition) is 1. The number of nitrogens with zero attached hydrogens (tertiary/aromatic N) is 1. The Kier molecular flexibility index (Phi) is 5.11. The number of benzene rings is 3. The van der Waals surface area contributed by atoms with Gasteiger partial charge in [-0.2, -0.15) is 0 Å². The fourth-order valence-electron chi connectivity index (χ4n) is 3.80. The first kappa shape index (κ1) is 19.5. The van der Waals surface area contributed by atoms with Crippen LogP contribution in [0, 0.1) is 6.92 Å². The number of aryl methyl sites for hydroxylation is 1. The Balaban J connectivity index is 1.98. The van der Waals surface area contributed by atoms with Gasteiger partial charge in [0.15, 0.2) is 0 Å². The number of carbonyl (C=O) groups is 2. The lowest BCUT2D eigenvalue weighted by Crippen LogP contribution is -2.29. The van der Waals surface area contributed by atoms with Crippen LogP contribution in [-0.4, -0.2) is 23.9 Å². The van der Waals surface area contributed by atoms with Gasteiger partial charge in [-0.25, -0.2) is 0 Å². The van der Waals surface area contributed by atoms with Crippen molar-refractivity contribution in [3.8, 4) is 5.75 Å². The molecule has 1 saturated heterocycles. The Morgan fingerprint density at radius 1 is 0.933 bits per heavy atom. The summed E-state index contributed by atoms with van der Waals surface area (Å²) in [5.41, 5.74) is 2.77. The van der Waals surface area contributed by atoms with Crippen molar-refractivity contribution in [2.75, 3.05) is 12.0 Å². The number of carbonyl (C=O) groups excluding carboxylic acids is 2. The number of amides is 1. The Labute approximate surface area is 174 Å². The number of Topliss-reactive ketones (excluding diaryl/α,β-unsaturated/α-hetero) is 1. The summed E-state index contributed by atoms with van der Waals surface area (Å²) in [4.78, 5) is 27.7. The van der Waals surface area contributed by atoms with Gasteiger partial charge in [-0.3, -0.25) is 14.5 Å². The van der Waals surface area contributed by atoms with Gasteiger partial charge in [0.2, 0.25) is 0 Å². The standard InChI is InChI=1S/C25H21NO4/c1-16-9-6-7-14-20(16)22-21(23(27)17-10-4-3-5-11-17)24(28)25(29)26(22)18-12-8-13-19(15-18)30-2/h3-15,22,27H,1-2H3/b23-21+. The molecule has 0 radical (unpaired) electrons. The second kappa shape index (κ2) is 7.87. The molecule has 1 aliphatic rings. The third-order valence-corrected chi connectivity index (χ3v) is 5.31. The van der Waals surface area contributed by atoms with Gasteiger partial charge < -0.3 is 9.84 Å².